The van der Waals surface area contributed by atoms with Crippen LogP contribution in [0.2, 0.25) is 0 Å². The summed E-state index contributed by atoms with van der Waals surface area (Å²) >= 11 is 0. The van der Waals surface area contributed by atoms with Crippen molar-refractivity contribution in [3.63, 3.8) is 0 Å². The molecule has 1 N–H and O–H groups in total. The number of likely N-dealkylation sites (N-methyl/N-ethyl adjacent to an activating group) is 1. The molecule has 0 radical (unpaired) electrons. The van der Waals surface area contributed by atoms with Gasteiger partial charge in [0.15, 0.2) is 0 Å². The minimum absolute atomic E-state index is 0.120. The van der Waals surface area contributed by atoms with Crippen molar-refractivity contribution < 1.29 is 4.39 Å². The second kappa shape index (κ2) is 8.50. The Bertz CT molecular complexity index is 427. The van der Waals surface area contributed by atoms with Crippen LogP contribution in [0.4, 0.5) is 4.39 Å². The van der Waals surface area contributed by atoms with Crippen LogP contribution in [-0.4, -0.2) is 31.6 Å². The van der Waals surface area contributed by atoms with E-state index in [4.69, 9.17) is 0 Å². The van der Waals surface area contributed by atoms with Gasteiger partial charge in [-0.25, -0.2) is 4.39 Å². The lowest BCUT2D eigenvalue weighted by atomic mass is 9.93. The van der Waals surface area contributed by atoms with E-state index in [0.29, 0.717) is 17.5 Å². The van der Waals surface area contributed by atoms with Gasteiger partial charge in [0, 0.05) is 18.6 Å². The van der Waals surface area contributed by atoms with Gasteiger partial charge in [0.2, 0.25) is 0 Å². The summed E-state index contributed by atoms with van der Waals surface area (Å²) in [5, 5.41) is 3.57. The molecule has 21 heavy (non-hydrogen) atoms. The molecule has 2 unspecified atom stereocenters. The zero-order chi connectivity index (χ0) is 16.0. The van der Waals surface area contributed by atoms with Crippen LogP contribution in [0.5, 0.6) is 0 Å². The van der Waals surface area contributed by atoms with Crippen molar-refractivity contribution in [1.82, 2.24) is 10.2 Å². The lowest BCUT2D eigenvalue weighted by Crippen LogP contribution is -2.43. The Hall–Kier alpha value is -0.930. The van der Waals surface area contributed by atoms with Crippen LogP contribution >= 0.6 is 0 Å². The van der Waals surface area contributed by atoms with Gasteiger partial charge in [-0.15, -0.1) is 0 Å². The molecule has 1 rings (SSSR count). The molecule has 1 aromatic carbocycles. The molecule has 1 aromatic rings. The van der Waals surface area contributed by atoms with Crippen molar-refractivity contribution in [2.24, 2.45) is 5.92 Å². The molecule has 0 saturated carbocycles. The summed E-state index contributed by atoms with van der Waals surface area (Å²) in [5.74, 6) is 0.569. The summed E-state index contributed by atoms with van der Waals surface area (Å²) in [4.78, 5) is 2.30. The first-order valence-corrected chi connectivity index (χ1v) is 8.06. The van der Waals surface area contributed by atoms with E-state index >= 15 is 0 Å². The highest BCUT2D eigenvalue weighted by Gasteiger charge is 2.21. The molecule has 2 atom stereocenters. The predicted molar refractivity (Wildman–Crippen MR) is 89.1 cm³/mol. The first-order valence-electron chi connectivity index (χ1n) is 8.06. The molecular formula is C18H31FN2. The standard InChI is InChI=1S/C18H31FN2/c1-7-15(8-2)18(21(5)6)12-20-14(4)16-10-9-13(3)17(19)11-16/h9-11,14-15,18,20H,7-8,12H2,1-6H3. The van der Waals surface area contributed by atoms with Gasteiger partial charge < -0.3 is 10.2 Å². The zero-order valence-electron chi connectivity index (χ0n) is 14.4. The molecule has 2 nitrogen and oxygen atoms in total. The third-order valence-electron chi connectivity index (χ3n) is 4.59. The van der Waals surface area contributed by atoms with E-state index in [9.17, 15) is 4.39 Å². The predicted octanol–water partition coefficient (Wildman–Crippen LogP) is 4.15. The number of nitrogens with one attached hydrogen (secondary N) is 1. The van der Waals surface area contributed by atoms with E-state index in [0.717, 1.165) is 12.1 Å². The van der Waals surface area contributed by atoms with Gasteiger partial charge in [-0.3, -0.25) is 0 Å². The third-order valence-corrected chi connectivity index (χ3v) is 4.59. The van der Waals surface area contributed by atoms with E-state index in [2.05, 4.69) is 45.1 Å². The maximum absolute atomic E-state index is 13.7. The van der Waals surface area contributed by atoms with Gasteiger partial charge in [-0.2, -0.15) is 0 Å². The van der Waals surface area contributed by atoms with E-state index in [1.807, 2.05) is 12.1 Å². The first kappa shape index (κ1) is 18.1. The Balaban J connectivity index is 2.68. The monoisotopic (exact) mass is 294 g/mol. The lowest BCUT2D eigenvalue weighted by Gasteiger charge is -2.32. The molecule has 0 heterocycles. The van der Waals surface area contributed by atoms with Crippen LogP contribution in [0.25, 0.3) is 0 Å². The number of hydrogen-bond donors (Lipinski definition) is 1. The molecule has 120 valence electrons. The third kappa shape index (κ3) is 5.08. The van der Waals surface area contributed by atoms with Crippen LogP contribution < -0.4 is 5.32 Å². The topological polar surface area (TPSA) is 15.3 Å². The van der Waals surface area contributed by atoms with E-state index in [1.165, 1.54) is 12.8 Å². The number of benzene rings is 1. The molecule has 3 heteroatoms. The summed E-state index contributed by atoms with van der Waals surface area (Å²) in [5.41, 5.74) is 1.72. The number of hydrogen-bond acceptors (Lipinski definition) is 2. The number of halogens is 1. The fraction of sp³-hybridized carbons (Fsp3) is 0.667. The van der Waals surface area contributed by atoms with Gasteiger partial charge in [-0.05, 0) is 51.1 Å². The Labute approximate surface area is 129 Å². The van der Waals surface area contributed by atoms with Gasteiger partial charge in [0.25, 0.3) is 0 Å². The highest BCUT2D eigenvalue weighted by Crippen LogP contribution is 2.19. The second-order valence-electron chi connectivity index (χ2n) is 6.25. The van der Waals surface area contributed by atoms with Crippen LogP contribution in [0.3, 0.4) is 0 Å². The fourth-order valence-electron chi connectivity index (χ4n) is 2.90. The SMILES string of the molecule is CCC(CC)C(CNC(C)c1ccc(C)c(F)c1)N(C)C. The smallest absolute Gasteiger partial charge is 0.126 e. The minimum atomic E-state index is -0.120. The number of nitrogens with zero attached hydrogens (tertiary/aromatic N) is 1. The van der Waals surface area contributed by atoms with Gasteiger partial charge in [0.1, 0.15) is 5.82 Å². The molecule has 0 amide bonds. The summed E-state index contributed by atoms with van der Waals surface area (Å²) in [6.45, 7) is 9.33. The molecule has 0 aromatic heterocycles. The molecule has 0 bridgehead atoms. The van der Waals surface area contributed by atoms with E-state index in [-0.39, 0.29) is 11.9 Å². The Morgan fingerprint density at radius 2 is 1.81 bits per heavy atom. The average molecular weight is 294 g/mol. The van der Waals surface area contributed by atoms with E-state index in [1.54, 1.807) is 13.0 Å². The first-order chi connectivity index (χ1) is 9.90. The van der Waals surface area contributed by atoms with Crippen molar-refractivity contribution in [2.75, 3.05) is 20.6 Å². The Morgan fingerprint density at radius 3 is 2.29 bits per heavy atom. The van der Waals surface area contributed by atoms with Crippen molar-refractivity contribution in [2.45, 2.75) is 52.6 Å². The molecule has 0 aliphatic carbocycles. The molecule has 0 fully saturated rings. The van der Waals surface area contributed by atoms with Crippen molar-refractivity contribution in [3.8, 4) is 0 Å². The number of aryl methyl sites for hydroxylation is 1. The average Bonchev–Trinajstić information content (AvgIpc) is 2.45. The normalized spacial score (nSPS) is 14.7. The van der Waals surface area contributed by atoms with Crippen LogP contribution in [0.1, 0.15) is 50.8 Å². The highest BCUT2D eigenvalue weighted by atomic mass is 19.1. The fourth-order valence-corrected chi connectivity index (χ4v) is 2.90. The van der Waals surface area contributed by atoms with Crippen molar-refractivity contribution in [1.29, 1.82) is 0 Å². The molecule has 0 saturated heterocycles. The largest absolute Gasteiger partial charge is 0.309 e. The van der Waals surface area contributed by atoms with Crippen molar-refractivity contribution in [3.05, 3.63) is 35.1 Å². The Morgan fingerprint density at radius 1 is 1.19 bits per heavy atom. The molecule has 0 spiro atoms. The summed E-state index contributed by atoms with van der Waals surface area (Å²) < 4.78 is 13.7. The van der Waals surface area contributed by atoms with E-state index < -0.39 is 0 Å². The number of rotatable bonds is 8. The molecule has 0 aliphatic rings. The maximum Gasteiger partial charge on any atom is 0.126 e. The van der Waals surface area contributed by atoms with Crippen LogP contribution in [0, 0.1) is 18.7 Å². The summed E-state index contributed by atoms with van der Waals surface area (Å²) in [6, 6.07) is 6.19. The van der Waals surface area contributed by atoms with Crippen molar-refractivity contribution >= 4 is 0 Å². The minimum Gasteiger partial charge on any atom is -0.309 e. The maximum atomic E-state index is 13.7. The van der Waals surface area contributed by atoms with Crippen LogP contribution in [0.15, 0.2) is 18.2 Å². The second-order valence-corrected chi connectivity index (χ2v) is 6.25. The summed E-state index contributed by atoms with van der Waals surface area (Å²) in [6.07, 6.45) is 2.38. The Kier molecular flexibility index (Phi) is 7.33. The lowest BCUT2D eigenvalue weighted by molar-refractivity contribution is 0.190. The van der Waals surface area contributed by atoms with Gasteiger partial charge in [-0.1, -0.05) is 38.8 Å². The van der Waals surface area contributed by atoms with Crippen LogP contribution in [-0.2, 0) is 0 Å². The summed E-state index contributed by atoms with van der Waals surface area (Å²) in [7, 11) is 4.28. The molecule has 0 aliphatic heterocycles. The quantitative estimate of drug-likeness (QED) is 0.775. The van der Waals surface area contributed by atoms with Gasteiger partial charge in [0.05, 0.1) is 0 Å². The van der Waals surface area contributed by atoms with Gasteiger partial charge >= 0.3 is 0 Å². The molecular weight excluding hydrogens is 263 g/mol. The zero-order valence-corrected chi connectivity index (χ0v) is 14.4. The highest BCUT2D eigenvalue weighted by molar-refractivity contribution is 5.25.